The van der Waals surface area contributed by atoms with Crippen molar-refractivity contribution in [3.05, 3.63) is 54.1 Å². The largest absolute Gasteiger partial charge is 0.372 e. The molecule has 1 fully saturated rings. The second-order valence-electron chi connectivity index (χ2n) is 6.72. The molecule has 0 spiro atoms. The zero-order chi connectivity index (χ0) is 18.5. The zero-order valence-corrected chi connectivity index (χ0v) is 15.1. The SMILES string of the molecule is O=C(Nc1ccc(N2CCCCCC2)cc1)c1ccc(-c2nn[nH]n2)cc1. The van der Waals surface area contributed by atoms with Gasteiger partial charge in [-0.3, -0.25) is 4.79 Å². The molecule has 0 bridgehead atoms. The van der Waals surface area contributed by atoms with Crippen LogP contribution in [-0.2, 0) is 0 Å². The number of benzene rings is 2. The van der Waals surface area contributed by atoms with Crippen LogP contribution in [-0.4, -0.2) is 39.6 Å². The quantitative estimate of drug-likeness (QED) is 0.742. The van der Waals surface area contributed by atoms with Crippen LogP contribution >= 0.6 is 0 Å². The average Bonchev–Trinajstić information content (AvgIpc) is 3.11. The lowest BCUT2D eigenvalue weighted by atomic mass is 10.1. The molecule has 2 heterocycles. The minimum atomic E-state index is -0.141. The number of hydrogen-bond donors (Lipinski definition) is 2. The fourth-order valence-corrected chi connectivity index (χ4v) is 3.34. The summed E-state index contributed by atoms with van der Waals surface area (Å²) in [5.74, 6) is 0.364. The molecule has 0 unspecified atom stereocenters. The third-order valence-electron chi connectivity index (χ3n) is 4.85. The molecule has 1 aliphatic rings. The Bertz CT molecular complexity index is 866. The van der Waals surface area contributed by atoms with Gasteiger partial charge in [-0.2, -0.15) is 5.21 Å². The summed E-state index contributed by atoms with van der Waals surface area (Å²) in [6.45, 7) is 2.22. The van der Waals surface area contributed by atoms with Crippen LogP contribution in [0.5, 0.6) is 0 Å². The number of rotatable bonds is 4. The van der Waals surface area contributed by atoms with Crippen molar-refractivity contribution in [3.8, 4) is 11.4 Å². The van der Waals surface area contributed by atoms with Crippen LogP contribution in [0, 0.1) is 0 Å². The van der Waals surface area contributed by atoms with Gasteiger partial charge in [0.25, 0.3) is 5.91 Å². The molecule has 0 aliphatic carbocycles. The van der Waals surface area contributed by atoms with Gasteiger partial charge in [0.2, 0.25) is 5.82 Å². The number of aromatic amines is 1. The normalized spacial score (nSPS) is 14.6. The molecule has 1 amide bonds. The molecule has 2 N–H and O–H groups in total. The van der Waals surface area contributed by atoms with Crippen molar-refractivity contribution in [2.24, 2.45) is 0 Å². The maximum absolute atomic E-state index is 12.5. The van der Waals surface area contributed by atoms with Crippen LogP contribution in [0.4, 0.5) is 11.4 Å². The summed E-state index contributed by atoms with van der Waals surface area (Å²) in [4.78, 5) is 14.9. The smallest absolute Gasteiger partial charge is 0.255 e. The van der Waals surface area contributed by atoms with E-state index >= 15 is 0 Å². The lowest BCUT2D eigenvalue weighted by Gasteiger charge is -2.22. The Balaban J connectivity index is 1.40. The third kappa shape index (κ3) is 4.13. The van der Waals surface area contributed by atoms with Gasteiger partial charge in [0, 0.05) is 35.6 Å². The van der Waals surface area contributed by atoms with Crippen LogP contribution in [0.15, 0.2) is 48.5 Å². The standard InChI is InChI=1S/C20H22N6O/c27-20(16-7-5-15(6-8-16)19-22-24-25-23-19)21-17-9-11-18(12-10-17)26-13-3-1-2-4-14-26/h5-12H,1-4,13-14H2,(H,21,27)(H,22,23,24,25). The summed E-state index contributed by atoms with van der Waals surface area (Å²) in [6.07, 6.45) is 5.13. The molecule has 1 saturated heterocycles. The molecule has 2 aromatic carbocycles. The first-order valence-corrected chi connectivity index (χ1v) is 9.30. The van der Waals surface area contributed by atoms with Gasteiger partial charge >= 0.3 is 0 Å². The summed E-state index contributed by atoms with van der Waals surface area (Å²) in [6, 6.07) is 15.2. The van der Waals surface area contributed by atoms with Crippen molar-refractivity contribution in [3.63, 3.8) is 0 Å². The molecule has 0 atom stereocenters. The molecule has 7 nitrogen and oxygen atoms in total. The Morgan fingerprint density at radius 1 is 0.926 bits per heavy atom. The zero-order valence-electron chi connectivity index (χ0n) is 15.1. The number of carbonyl (C=O) groups excluding carboxylic acids is 1. The van der Waals surface area contributed by atoms with Gasteiger partial charge in [0.1, 0.15) is 0 Å². The molecule has 1 aliphatic heterocycles. The van der Waals surface area contributed by atoms with E-state index in [4.69, 9.17) is 0 Å². The van der Waals surface area contributed by atoms with Gasteiger partial charge in [-0.25, -0.2) is 0 Å². The number of hydrogen-bond acceptors (Lipinski definition) is 5. The number of carbonyl (C=O) groups is 1. The molecule has 7 heteroatoms. The van der Waals surface area contributed by atoms with Crippen LogP contribution in [0.2, 0.25) is 0 Å². The summed E-state index contributed by atoms with van der Waals surface area (Å²) in [5, 5.41) is 16.8. The Morgan fingerprint density at radius 3 is 2.26 bits per heavy atom. The highest BCUT2D eigenvalue weighted by atomic mass is 16.1. The molecular weight excluding hydrogens is 340 g/mol. The molecule has 4 rings (SSSR count). The van der Waals surface area contributed by atoms with Crippen molar-refractivity contribution >= 4 is 17.3 Å². The molecule has 0 radical (unpaired) electrons. The average molecular weight is 362 g/mol. The predicted octanol–water partition coefficient (Wildman–Crippen LogP) is 3.50. The second-order valence-corrected chi connectivity index (χ2v) is 6.72. The maximum Gasteiger partial charge on any atom is 0.255 e. The Kier molecular flexibility index (Phi) is 5.09. The highest BCUT2D eigenvalue weighted by Crippen LogP contribution is 2.22. The Morgan fingerprint density at radius 2 is 1.63 bits per heavy atom. The first-order chi connectivity index (χ1) is 13.3. The second kappa shape index (κ2) is 7.99. The van der Waals surface area contributed by atoms with Gasteiger partial charge in [-0.15, -0.1) is 10.2 Å². The number of tetrazole rings is 1. The van der Waals surface area contributed by atoms with Gasteiger partial charge < -0.3 is 10.2 Å². The Labute approximate surface area is 157 Å². The topological polar surface area (TPSA) is 86.8 Å². The molecule has 3 aromatic rings. The number of aromatic nitrogens is 4. The summed E-state index contributed by atoms with van der Waals surface area (Å²) in [7, 11) is 0. The highest BCUT2D eigenvalue weighted by molar-refractivity contribution is 6.04. The summed E-state index contributed by atoms with van der Waals surface area (Å²) in [5.41, 5.74) is 3.40. The summed E-state index contributed by atoms with van der Waals surface area (Å²) < 4.78 is 0. The van der Waals surface area contributed by atoms with Crippen LogP contribution < -0.4 is 10.2 Å². The van der Waals surface area contributed by atoms with E-state index in [1.165, 1.54) is 31.4 Å². The number of amides is 1. The van der Waals surface area contributed by atoms with Gasteiger partial charge in [0.15, 0.2) is 0 Å². The van der Waals surface area contributed by atoms with E-state index in [-0.39, 0.29) is 5.91 Å². The predicted molar refractivity (Wildman–Crippen MR) is 105 cm³/mol. The van der Waals surface area contributed by atoms with E-state index in [2.05, 4.69) is 43.0 Å². The van der Waals surface area contributed by atoms with E-state index in [1.54, 1.807) is 12.1 Å². The minimum absolute atomic E-state index is 0.141. The first-order valence-electron chi connectivity index (χ1n) is 9.30. The van der Waals surface area contributed by atoms with Crippen molar-refractivity contribution in [2.75, 3.05) is 23.3 Å². The number of H-pyrrole nitrogens is 1. The number of nitrogens with one attached hydrogen (secondary N) is 2. The summed E-state index contributed by atoms with van der Waals surface area (Å²) >= 11 is 0. The van der Waals surface area contributed by atoms with Gasteiger partial charge in [0.05, 0.1) is 0 Å². The number of anilines is 2. The highest BCUT2D eigenvalue weighted by Gasteiger charge is 2.11. The minimum Gasteiger partial charge on any atom is -0.372 e. The van der Waals surface area contributed by atoms with E-state index in [0.717, 1.165) is 24.3 Å². The van der Waals surface area contributed by atoms with Crippen molar-refractivity contribution in [1.82, 2.24) is 20.6 Å². The first kappa shape index (κ1) is 17.2. The van der Waals surface area contributed by atoms with Crippen molar-refractivity contribution in [1.29, 1.82) is 0 Å². The lowest BCUT2D eigenvalue weighted by Crippen LogP contribution is -2.23. The molecule has 1 aromatic heterocycles. The molecule has 0 saturated carbocycles. The van der Waals surface area contributed by atoms with Crippen LogP contribution in [0.3, 0.4) is 0 Å². The lowest BCUT2D eigenvalue weighted by molar-refractivity contribution is 0.102. The van der Waals surface area contributed by atoms with Crippen LogP contribution in [0.1, 0.15) is 36.0 Å². The number of nitrogens with zero attached hydrogens (tertiary/aromatic N) is 4. The monoisotopic (exact) mass is 362 g/mol. The van der Waals surface area contributed by atoms with Gasteiger partial charge in [-0.1, -0.05) is 25.0 Å². The molecule has 27 heavy (non-hydrogen) atoms. The van der Waals surface area contributed by atoms with E-state index in [1.807, 2.05) is 24.3 Å². The van der Waals surface area contributed by atoms with Gasteiger partial charge in [-0.05, 0) is 54.5 Å². The van der Waals surface area contributed by atoms with Crippen molar-refractivity contribution in [2.45, 2.75) is 25.7 Å². The molecular formula is C20H22N6O. The van der Waals surface area contributed by atoms with Crippen LogP contribution in [0.25, 0.3) is 11.4 Å². The maximum atomic E-state index is 12.5. The fourth-order valence-electron chi connectivity index (χ4n) is 3.34. The van der Waals surface area contributed by atoms with E-state index in [9.17, 15) is 4.79 Å². The van der Waals surface area contributed by atoms with Crippen molar-refractivity contribution < 1.29 is 4.79 Å². The Hall–Kier alpha value is -3.22. The third-order valence-corrected chi connectivity index (χ3v) is 4.85. The molecule has 138 valence electrons. The fraction of sp³-hybridized carbons (Fsp3) is 0.300. The van der Waals surface area contributed by atoms with E-state index in [0.29, 0.717) is 11.4 Å². The van der Waals surface area contributed by atoms with E-state index < -0.39 is 0 Å².